The van der Waals surface area contributed by atoms with E-state index < -0.39 is 0 Å². The predicted molar refractivity (Wildman–Crippen MR) is 111 cm³/mol. The normalized spacial score (nSPS) is 14.9. The predicted octanol–water partition coefficient (Wildman–Crippen LogP) is 3.19. The average molecular weight is 387 g/mol. The summed E-state index contributed by atoms with van der Waals surface area (Å²) in [5.41, 5.74) is 8.37. The zero-order chi connectivity index (χ0) is 19.6. The topological polar surface area (TPSA) is 104 Å². The summed E-state index contributed by atoms with van der Waals surface area (Å²) >= 11 is 0. The number of aromatic nitrogens is 5. The van der Waals surface area contributed by atoms with Crippen molar-refractivity contribution in [2.24, 2.45) is 0 Å². The van der Waals surface area contributed by atoms with Gasteiger partial charge in [0.25, 0.3) is 0 Å². The van der Waals surface area contributed by atoms with Crippen molar-refractivity contribution < 1.29 is 4.74 Å². The maximum Gasteiger partial charge on any atom is 0.164 e. The molecule has 0 amide bonds. The van der Waals surface area contributed by atoms with Crippen molar-refractivity contribution in [2.45, 2.75) is 18.9 Å². The highest BCUT2D eigenvalue weighted by Gasteiger charge is 2.24. The zero-order valence-electron chi connectivity index (χ0n) is 15.8. The summed E-state index contributed by atoms with van der Waals surface area (Å²) in [7, 11) is 0. The van der Waals surface area contributed by atoms with E-state index >= 15 is 0 Å². The van der Waals surface area contributed by atoms with E-state index in [9.17, 15) is 0 Å². The third-order valence-electron chi connectivity index (χ3n) is 5.13. The second-order valence-electron chi connectivity index (χ2n) is 7.03. The minimum atomic E-state index is 0.280. The van der Waals surface area contributed by atoms with Crippen LogP contribution in [-0.2, 0) is 0 Å². The van der Waals surface area contributed by atoms with Crippen molar-refractivity contribution in [3.8, 4) is 22.9 Å². The van der Waals surface area contributed by atoms with Crippen LogP contribution in [0.15, 0.2) is 55.0 Å². The van der Waals surface area contributed by atoms with Crippen LogP contribution in [0.3, 0.4) is 0 Å². The largest absolute Gasteiger partial charge is 0.456 e. The smallest absolute Gasteiger partial charge is 0.164 e. The number of hydrogen-bond acceptors (Lipinski definition) is 7. The summed E-state index contributed by atoms with van der Waals surface area (Å²) in [6.45, 7) is 1.93. The highest BCUT2D eigenvalue weighted by molar-refractivity contribution is 5.97. The number of anilines is 1. The van der Waals surface area contributed by atoms with Gasteiger partial charge in [0, 0.05) is 0 Å². The molecule has 0 saturated carbocycles. The fraction of sp³-hybridized carbons (Fsp3) is 0.238. The molecule has 0 unspecified atom stereocenters. The summed E-state index contributed by atoms with van der Waals surface area (Å²) in [6, 6.07) is 13.7. The quantitative estimate of drug-likeness (QED) is 0.554. The third kappa shape index (κ3) is 3.38. The number of ether oxygens (including phenoxy) is 1. The fourth-order valence-electron chi connectivity index (χ4n) is 3.69. The summed E-state index contributed by atoms with van der Waals surface area (Å²) in [6.07, 6.45) is 5.18. The zero-order valence-corrected chi connectivity index (χ0v) is 15.8. The Balaban J connectivity index is 1.52. The van der Waals surface area contributed by atoms with E-state index in [-0.39, 0.29) is 6.04 Å². The molecule has 1 aliphatic heterocycles. The molecular weight excluding hydrogens is 366 g/mol. The molecule has 29 heavy (non-hydrogen) atoms. The van der Waals surface area contributed by atoms with E-state index in [1.54, 1.807) is 6.20 Å². The molecule has 146 valence electrons. The van der Waals surface area contributed by atoms with E-state index in [4.69, 9.17) is 15.6 Å². The van der Waals surface area contributed by atoms with Gasteiger partial charge in [0.05, 0.1) is 23.3 Å². The maximum absolute atomic E-state index is 6.20. The number of rotatable bonds is 4. The van der Waals surface area contributed by atoms with Crippen LogP contribution in [0.4, 0.5) is 5.82 Å². The molecule has 0 atom stereocenters. The Bertz CT molecular complexity index is 1120. The van der Waals surface area contributed by atoms with Gasteiger partial charge in [-0.25, -0.2) is 14.6 Å². The number of piperidine rings is 1. The molecule has 5 rings (SSSR count). The van der Waals surface area contributed by atoms with Crippen molar-refractivity contribution >= 4 is 16.9 Å². The average Bonchev–Trinajstić information content (AvgIpc) is 3.17. The summed E-state index contributed by atoms with van der Waals surface area (Å²) in [4.78, 5) is 13.2. The molecule has 1 saturated heterocycles. The van der Waals surface area contributed by atoms with Crippen LogP contribution in [0.2, 0.25) is 0 Å². The Kier molecular flexibility index (Phi) is 4.53. The summed E-state index contributed by atoms with van der Waals surface area (Å²) in [5, 5.41) is 8.99. The van der Waals surface area contributed by atoms with Crippen molar-refractivity contribution in [3.63, 3.8) is 0 Å². The van der Waals surface area contributed by atoms with Crippen LogP contribution in [-0.4, -0.2) is 37.8 Å². The number of hydrogen-bond donors (Lipinski definition) is 2. The minimum Gasteiger partial charge on any atom is -0.456 e. The first-order chi connectivity index (χ1) is 14.3. The monoisotopic (exact) mass is 387 g/mol. The van der Waals surface area contributed by atoms with Crippen LogP contribution < -0.4 is 15.8 Å². The number of nitrogens with one attached hydrogen (secondary N) is 1. The molecule has 0 radical (unpaired) electrons. The van der Waals surface area contributed by atoms with Gasteiger partial charge in [-0.05, 0) is 50.2 Å². The Morgan fingerprint density at radius 1 is 0.966 bits per heavy atom. The second-order valence-corrected chi connectivity index (χ2v) is 7.03. The van der Waals surface area contributed by atoms with Crippen LogP contribution >= 0.6 is 0 Å². The Morgan fingerprint density at radius 2 is 1.79 bits per heavy atom. The molecule has 1 aromatic carbocycles. The molecule has 3 aromatic heterocycles. The van der Waals surface area contributed by atoms with Crippen molar-refractivity contribution in [1.29, 1.82) is 0 Å². The summed E-state index contributed by atoms with van der Waals surface area (Å²) < 4.78 is 7.82. The second kappa shape index (κ2) is 7.48. The first-order valence-corrected chi connectivity index (χ1v) is 9.68. The lowest BCUT2D eigenvalue weighted by molar-refractivity contribution is 0.350. The number of pyridine rings is 1. The van der Waals surface area contributed by atoms with Crippen LogP contribution in [0.1, 0.15) is 18.9 Å². The lowest BCUT2D eigenvalue weighted by Gasteiger charge is -2.23. The van der Waals surface area contributed by atoms with E-state index in [0.717, 1.165) is 42.7 Å². The van der Waals surface area contributed by atoms with Crippen LogP contribution in [0.25, 0.3) is 22.4 Å². The van der Waals surface area contributed by atoms with Gasteiger partial charge in [-0.3, -0.25) is 4.98 Å². The maximum atomic E-state index is 6.20. The fourth-order valence-corrected chi connectivity index (χ4v) is 3.69. The third-order valence-corrected chi connectivity index (χ3v) is 5.13. The standard InChI is InChI=1S/C21H21N7O/c22-20-18-19(17-7-6-16(12-24-17)29-15-4-2-1-3-5-15)27-28(21(18)26-13-25-20)14-8-10-23-11-9-14/h1-7,12-14,23H,8-11H2,(H2,22,25,26). The number of nitrogens with zero attached hydrogens (tertiary/aromatic N) is 5. The first-order valence-electron chi connectivity index (χ1n) is 9.68. The highest BCUT2D eigenvalue weighted by atomic mass is 16.5. The van der Waals surface area contributed by atoms with Crippen molar-refractivity contribution in [1.82, 2.24) is 30.0 Å². The van der Waals surface area contributed by atoms with Crippen LogP contribution in [0.5, 0.6) is 11.5 Å². The van der Waals surface area contributed by atoms with Gasteiger partial charge in [-0.15, -0.1) is 0 Å². The lowest BCUT2D eigenvalue weighted by Crippen LogP contribution is -2.30. The molecule has 1 fully saturated rings. The molecule has 4 aromatic rings. The van der Waals surface area contributed by atoms with Gasteiger partial charge in [0.2, 0.25) is 0 Å². The number of nitrogen functional groups attached to an aromatic ring is 1. The molecule has 3 N–H and O–H groups in total. The molecule has 8 nitrogen and oxygen atoms in total. The number of fused-ring (bicyclic) bond motifs is 1. The first kappa shape index (κ1) is 17.6. The van der Waals surface area contributed by atoms with Crippen LogP contribution in [0, 0.1) is 0 Å². The van der Waals surface area contributed by atoms with Gasteiger partial charge in [0.1, 0.15) is 29.3 Å². The lowest BCUT2D eigenvalue weighted by atomic mass is 10.1. The number of para-hydroxylation sites is 1. The van der Waals surface area contributed by atoms with Gasteiger partial charge < -0.3 is 15.8 Å². The molecule has 0 bridgehead atoms. The van der Waals surface area contributed by atoms with Crippen molar-refractivity contribution in [3.05, 3.63) is 55.0 Å². The van der Waals surface area contributed by atoms with Gasteiger partial charge in [-0.1, -0.05) is 18.2 Å². The molecular formula is C21H21N7O. The molecule has 0 spiro atoms. The summed E-state index contributed by atoms with van der Waals surface area (Å²) in [5.74, 6) is 1.84. The van der Waals surface area contributed by atoms with Gasteiger partial charge >= 0.3 is 0 Å². The highest BCUT2D eigenvalue weighted by Crippen LogP contribution is 2.33. The van der Waals surface area contributed by atoms with E-state index in [1.165, 1.54) is 6.33 Å². The van der Waals surface area contributed by atoms with E-state index in [0.29, 0.717) is 23.0 Å². The van der Waals surface area contributed by atoms with E-state index in [1.807, 2.05) is 47.1 Å². The molecule has 4 heterocycles. The molecule has 1 aliphatic rings. The van der Waals surface area contributed by atoms with Gasteiger partial charge in [-0.2, -0.15) is 5.10 Å². The van der Waals surface area contributed by atoms with Crippen molar-refractivity contribution in [2.75, 3.05) is 18.8 Å². The SMILES string of the molecule is Nc1ncnc2c1c(-c1ccc(Oc3ccccc3)cn1)nn2C1CCNCC1. The Hall–Kier alpha value is -3.52. The molecule has 0 aliphatic carbocycles. The molecule has 8 heteroatoms. The Morgan fingerprint density at radius 3 is 2.55 bits per heavy atom. The number of nitrogens with two attached hydrogens (primary N) is 1. The van der Waals surface area contributed by atoms with E-state index in [2.05, 4.69) is 20.3 Å². The van der Waals surface area contributed by atoms with Gasteiger partial charge in [0.15, 0.2) is 5.65 Å². The minimum absolute atomic E-state index is 0.280. The number of benzene rings is 1. The Labute approximate surface area is 167 Å².